The Labute approximate surface area is 236 Å². The third-order valence-electron chi connectivity index (χ3n) is 10.2. The number of nitrogens with one attached hydrogen (secondary N) is 2. The van der Waals surface area contributed by atoms with Gasteiger partial charge in [-0.25, -0.2) is 4.98 Å². The van der Waals surface area contributed by atoms with Crippen LogP contribution < -0.4 is 10.6 Å². The van der Waals surface area contributed by atoms with E-state index in [1.807, 2.05) is 4.90 Å². The number of nitrogens with zero attached hydrogens (tertiary/aromatic N) is 2. The van der Waals surface area contributed by atoms with Gasteiger partial charge in [-0.1, -0.05) is 0 Å². The van der Waals surface area contributed by atoms with Crippen molar-refractivity contribution in [2.24, 2.45) is 23.7 Å². The molecule has 4 bridgehead atoms. The monoisotopic (exact) mass is 556 g/mol. The van der Waals surface area contributed by atoms with Gasteiger partial charge in [0.05, 0.1) is 18.7 Å². The molecule has 6 aliphatic rings. The minimum atomic E-state index is -0.576. The highest BCUT2D eigenvalue weighted by molar-refractivity contribution is 7.11. The number of esters is 1. The highest BCUT2D eigenvalue weighted by atomic mass is 32.1. The lowest BCUT2D eigenvalue weighted by Gasteiger charge is -2.56. The number of hydrogen-bond donors (Lipinski definition) is 2. The van der Waals surface area contributed by atoms with Crippen molar-refractivity contribution in [3.8, 4) is 0 Å². The van der Waals surface area contributed by atoms with Crippen LogP contribution in [0.5, 0.6) is 0 Å². The van der Waals surface area contributed by atoms with E-state index in [0.29, 0.717) is 24.4 Å². The van der Waals surface area contributed by atoms with Crippen molar-refractivity contribution in [1.82, 2.24) is 20.5 Å². The summed E-state index contributed by atoms with van der Waals surface area (Å²) in [6.07, 6.45) is 10.6. The molecule has 39 heavy (non-hydrogen) atoms. The standard InChI is InChI=1S/C30H44N4O4S/c1-29(2,3)33-20-5-6-23(21(12-20)28(37)38-4)34-8-7-22(27(34)36)31-25(35)26-32-24(16-39-26)30-13-17-9-18(14-30)11-19(10-17)15-30/h16-23,33H,5-15H2,1-4H3,(H,31,35)/t17?,18?,19?,20-,21-,22+,23+,30?/m1/s1. The first kappa shape index (κ1) is 27.2. The van der Waals surface area contributed by atoms with E-state index in [9.17, 15) is 14.4 Å². The Balaban J connectivity index is 1.10. The van der Waals surface area contributed by atoms with Gasteiger partial charge in [0.25, 0.3) is 5.91 Å². The van der Waals surface area contributed by atoms with Crippen molar-refractivity contribution in [1.29, 1.82) is 0 Å². The number of likely N-dealkylation sites (tertiary alicyclic amines) is 1. The van der Waals surface area contributed by atoms with E-state index in [2.05, 4.69) is 36.8 Å². The molecular formula is C30H44N4O4S. The number of methoxy groups -OCH3 is 1. The molecule has 2 amide bonds. The second-order valence-electron chi connectivity index (χ2n) is 14.2. The van der Waals surface area contributed by atoms with E-state index >= 15 is 0 Å². The van der Waals surface area contributed by atoms with Crippen molar-refractivity contribution < 1.29 is 19.1 Å². The van der Waals surface area contributed by atoms with Gasteiger partial charge >= 0.3 is 5.97 Å². The third kappa shape index (κ3) is 5.25. The first-order chi connectivity index (χ1) is 18.5. The number of ether oxygens (including phenoxy) is 1. The van der Waals surface area contributed by atoms with Gasteiger partial charge in [-0.15, -0.1) is 11.3 Å². The van der Waals surface area contributed by atoms with E-state index in [1.165, 1.54) is 57.0 Å². The Hall–Kier alpha value is -2.00. The number of rotatable bonds is 6. The van der Waals surface area contributed by atoms with E-state index in [1.54, 1.807) is 0 Å². The molecule has 8 nitrogen and oxygen atoms in total. The van der Waals surface area contributed by atoms with E-state index in [4.69, 9.17) is 9.72 Å². The molecule has 6 fully saturated rings. The Morgan fingerprint density at radius 3 is 2.33 bits per heavy atom. The lowest BCUT2D eigenvalue weighted by Crippen LogP contribution is -2.55. The van der Waals surface area contributed by atoms with Gasteiger partial charge in [-0.05, 0) is 103 Å². The summed E-state index contributed by atoms with van der Waals surface area (Å²) in [5.74, 6) is 1.49. The molecule has 1 aromatic rings. The molecule has 7 rings (SSSR count). The molecule has 5 saturated carbocycles. The van der Waals surface area contributed by atoms with Crippen LogP contribution in [0.25, 0.3) is 0 Å². The maximum absolute atomic E-state index is 13.5. The molecule has 4 atom stereocenters. The van der Waals surface area contributed by atoms with Gasteiger partial charge in [-0.2, -0.15) is 0 Å². The van der Waals surface area contributed by atoms with Crippen molar-refractivity contribution in [2.75, 3.05) is 13.7 Å². The zero-order valence-corrected chi connectivity index (χ0v) is 24.6. The number of hydrogen-bond acceptors (Lipinski definition) is 7. The SMILES string of the molecule is COC(=O)[C@@H]1C[C@H](NC(C)(C)C)CC[C@@H]1N1CC[C@H](NC(=O)c2nc(C34CC5CC(CC(C5)C3)C4)cs2)C1=O. The molecule has 1 aliphatic heterocycles. The molecule has 0 aromatic carbocycles. The van der Waals surface area contributed by atoms with Crippen LogP contribution in [0.2, 0.25) is 0 Å². The largest absolute Gasteiger partial charge is 0.469 e. The summed E-state index contributed by atoms with van der Waals surface area (Å²) in [7, 11) is 1.42. The molecular weight excluding hydrogens is 512 g/mol. The Kier molecular flexibility index (Phi) is 7.06. The van der Waals surface area contributed by atoms with Gasteiger partial charge in [0.15, 0.2) is 5.01 Å². The summed E-state index contributed by atoms with van der Waals surface area (Å²) in [5, 5.41) is 9.17. The first-order valence-electron chi connectivity index (χ1n) is 15.0. The normalized spacial score (nSPS) is 37.8. The molecule has 2 N–H and O–H groups in total. The predicted molar refractivity (Wildman–Crippen MR) is 149 cm³/mol. The zero-order chi connectivity index (χ0) is 27.5. The fourth-order valence-corrected chi connectivity index (χ4v) is 9.95. The van der Waals surface area contributed by atoms with Gasteiger partial charge in [0, 0.05) is 35.0 Å². The molecule has 5 aliphatic carbocycles. The van der Waals surface area contributed by atoms with Crippen LogP contribution in [0.3, 0.4) is 0 Å². The maximum Gasteiger partial charge on any atom is 0.310 e. The fraction of sp³-hybridized carbons (Fsp3) is 0.800. The third-order valence-corrected chi connectivity index (χ3v) is 11.0. The lowest BCUT2D eigenvalue weighted by atomic mass is 9.49. The van der Waals surface area contributed by atoms with Gasteiger partial charge in [0.1, 0.15) is 6.04 Å². The van der Waals surface area contributed by atoms with Crippen LogP contribution in [0, 0.1) is 23.7 Å². The number of carbonyl (C=O) groups excluding carboxylic acids is 3. The highest BCUT2D eigenvalue weighted by Gasteiger charge is 2.53. The molecule has 2 heterocycles. The number of thiazole rings is 1. The summed E-state index contributed by atoms with van der Waals surface area (Å²) < 4.78 is 5.15. The number of aromatic nitrogens is 1. The smallest absolute Gasteiger partial charge is 0.310 e. The molecule has 0 unspecified atom stereocenters. The minimum absolute atomic E-state index is 0.0532. The summed E-state index contributed by atoms with van der Waals surface area (Å²) in [5.41, 5.74) is 1.22. The van der Waals surface area contributed by atoms with Gasteiger partial charge < -0.3 is 20.3 Å². The second kappa shape index (κ2) is 10.1. The Bertz CT molecular complexity index is 1090. The topological polar surface area (TPSA) is 101 Å². The van der Waals surface area contributed by atoms with E-state index < -0.39 is 6.04 Å². The highest BCUT2D eigenvalue weighted by Crippen LogP contribution is 2.60. The first-order valence-corrected chi connectivity index (χ1v) is 15.8. The van der Waals surface area contributed by atoms with Crippen LogP contribution in [0.4, 0.5) is 0 Å². The molecule has 1 aromatic heterocycles. The van der Waals surface area contributed by atoms with Crippen LogP contribution >= 0.6 is 11.3 Å². The molecule has 9 heteroatoms. The predicted octanol–water partition coefficient (Wildman–Crippen LogP) is 4.04. The Morgan fingerprint density at radius 2 is 1.72 bits per heavy atom. The second-order valence-corrected chi connectivity index (χ2v) is 15.0. The summed E-state index contributed by atoms with van der Waals surface area (Å²) in [6.45, 7) is 6.91. The van der Waals surface area contributed by atoms with Gasteiger partial charge in [-0.3, -0.25) is 14.4 Å². The quantitative estimate of drug-likeness (QED) is 0.513. The van der Waals surface area contributed by atoms with Crippen LogP contribution in [-0.4, -0.2) is 65.0 Å². The maximum atomic E-state index is 13.5. The molecule has 0 spiro atoms. The van der Waals surface area contributed by atoms with Crippen LogP contribution in [-0.2, 0) is 19.7 Å². The van der Waals surface area contributed by atoms with Crippen molar-refractivity contribution >= 4 is 29.1 Å². The number of carbonyl (C=O) groups is 3. The zero-order valence-electron chi connectivity index (χ0n) is 23.8. The van der Waals surface area contributed by atoms with E-state index in [0.717, 1.165) is 36.3 Å². The molecule has 1 saturated heterocycles. The van der Waals surface area contributed by atoms with Crippen molar-refractivity contribution in [2.45, 2.75) is 114 Å². The summed E-state index contributed by atoms with van der Waals surface area (Å²) in [4.78, 5) is 46.2. The fourth-order valence-electron chi connectivity index (χ4n) is 9.11. The average Bonchev–Trinajstić information content (AvgIpc) is 3.50. The number of amides is 2. The lowest BCUT2D eigenvalue weighted by molar-refractivity contribution is -0.151. The van der Waals surface area contributed by atoms with Crippen molar-refractivity contribution in [3.05, 3.63) is 16.1 Å². The van der Waals surface area contributed by atoms with Crippen molar-refractivity contribution in [3.63, 3.8) is 0 Å². The van der Waals surface area contributed by atoms with Crippen LogP contribution in [0.1, 0.15) is 100 Å². The minimum Gasteiger partial charge on any atom is -0.469 e. The molecule has 0 radical (unpaired) electrons. The average molecular weight is 557 g/mol. The molecule has 214 valence electrons. The van der Waals surface area contributed by atoms with Crippen LogP contribution in [0.15, 0.2) is 5.38 Å². The Morgan fingerprint density at radius 1 is 1.05 bits per heavy atom. The van der Waals surface area contributed by atoms with Gasteiger partial charge in [0.2, 0.25) is 5.91 Å². The van der Waals surface area contributed by atoms with E-state index in [-0.39, 0.29) is 46.7 Å². The summed E-state index contributed by atoms with van der Waals surface area (Å²) in [6, 6.07) is -0.577. The summed E-state index contributed by atoms with van der Waals surface area (Å²) >= 11 is 1.42.